The number of hydrogen-bond donors (Lipinski definition) is 0. The van der Waals surface area contributed by atoms with E-state index in [0.717, 1.165) is 6.08 Å². The van der Waals surface area contributed by atoms with E-state index in [1.54, 1.807) is 6.92 Å². The van der Waals surface area contributed by atoms with Gasteiger partial charge in [-0.2, -0.15) is 0 Å². The van der Waals surface area contributed by atoms with Crippen molar-refractivity contribution in [2.45, 2.75) is 6.92 Å². The largest absolute Gasteiger partial charge is 0.462 e. The zero-order valence-corrected chi connectivity index (χ0v) is 5.72. The van der Waals surface area contributed by atoms with Crippen LogP contribution in [-0.2, 0) is 14.3 Å². The normalized spacial score (nSPS) is 7.70. The zero-order chi connectivity index (χ0) is 7.98. The number of rotatable bonds is 3. The van der Waals surface area contributed by atoms with Crippen molar-refractivity contribution in [3.63, 3.8) is 0 Å². The van der Waals surface area contributed by atoms with Crippen molar-refractivity contribution in [3.8, 4) is 0 Å². The Morgan fingerprint density at radius 3 is 2.70 bits per heavy atom. The van der Waals surface area contributed by atoms with Crippen LogP contribution in [0.15, 0.2) is 18.2 Å². The molecule has 0 fully saturated rings. The Labute approximate surface area is 59.0 Å². The Morgan fingerprint density at radius 2 is 2.40 bits per heavy atom. The molecular weight excluding hydrogens is 132 g/mol. The topological polar surface area (TPSA) is 43.4 Å². The maximum absolute atomic E-state index is 10.6. The van der Waals surface area contributed by atoms with Crippen molar-refractivity contribution >= 4 is 11.9 Å². The molecule has 0 radical (unpaired) electrons. The Bertz CT molecular complexity index is 187. The SMILES string of the molecule is C=CC(=C=O)C(=O)OCC. The summed E-state index contributed by atoms with van der Waals surface area (Å²) in [4.78, 5) is 20.5. The quantitative estimate of drug-likeness (QED) is 0.248. The molecule has 0 unspecified atom stereocenters. The summed E-state index contributed by atoms with van der Waals surface area (Å²) in [5.74, 6) is 0.737. The van der Waals surface area contributed by atoms with Crippen LogP contribution < -0.4 is 0 Å². The van der Waals surface area contributed by atoms with E-state index in [-0.39, 0.29) is 12.2 Å². The highest BCUT2D eigenvalue weighted by Crippen LogP contribution is 1.92. The average Bonchev–Trinajstić information content (AvgIpc) is 1.91. The molecule has 0 atom stereocenters. The van der Waals surface area contributed by atoms with E-state index in [4.69, 9.17) is 0 Å². The molecule has 0 aromatic rings. The summed E-state index contributed by atoms with van der Waals surface area (Å²) in [5, 5.41) is 0. The van der Waals surface area contributed by atoms with Crippen molar-refractivity contribution in [2.24, 2.45) is 0 Å². The molecule has 0 aromatic carbocycles. The lowest BCUT2D eigenvalue weighted by molar-refractivity contribution is -0.137. The standard InChI is InChI=1S/C7H8O3/c1-3-6(5-8)7(9)10-4-2/h3H,1,4H2,2H3. The van der Waals surface area contributed by atoms with Crippen molar-refractivity contribution < 1.29 is 14.3 Å². The van der Waals surface area contributed by atoms with Gasteiger partial charge in [-0.1, -0.05) is 6.58 Å². The van der Waals surface area contributed by atoms with Gasteiger partial charge in [0.2, 0.25) is 0 Å². The second-order valence-electron chi connectivity index (χ2n) is 1.44. The molecule has 0 spiro atoms. The minimum atomic E-state index is -0.674. The van der Waals surface area contributed by atoms with Crippen molar-refractivity contribution in [3.05, 3.63) is 18.2 Å². The molecule has 0 aliphatic heterocycles. The lowest BCUT2D eigenvalue weighted by atomic mass is 10.3. The number of carbonyl (C=O) groups is 1. The highest BCUT2D eigenvalue weighted by molar-refractivity contribution is 5.99. The molecule has 0 aliphatic carbocycles. The average molecular weight is 140 g/mol. The van der Waals surface area contributed by atoms with Crippen LogP contribution in [0.1, 0.15) is 6.92 Å². The molecule has 54 valence electrons. The highest BCUT2D eigenvalue weighted by atomic mass is 16.5. The van der Waals surface area contributed by atoms with Gasteiger partial charge >= 0.3 is 5.97 Å². The molecule has 3 nitrogen and oxygen atoms in total. The van der Waals surface area contributed by atoms with Crippen molar-refractivity contribution in [2.75, 3.05) is 6.61 Å². The van der Waals surface area contributed by atoms with Gasteiger partial charge in [-0.25, -0.2) is 9.59 Å². The first-order chi connectivity index (χ1) is 4.76. The van der Waals surface area contributed by atoms with E-state index in [9.17, 15) is 9.59 Å². The Morgan fingerprint density at radius 1 is 1.80 bits per heavy atom. The van der Waals surface area contributed by atoms with Gasteiger partial charge in [0, 0.05) is 0 Å². The van der Waals surface area contributed by atoms with Crippen LogP contribution in [0, 0.1) is 0 Å². The Kier molecular flexibility index (Phi) is 3.92. The molecule has 0 aromatic heterocycles. The molecule has 0 bridgehead atoms. The number of ether oxygens (including phenoxy) is 1. The van der Waals surface area contributed by atoms with Gasteiger partial charge in [0.25, 0.3) is 0 Å². The third-order valence-corrected chi connectivity index (χ3v) is 0.809. The summed E-state index contributed by atoms with van der Waals surface area (Å²) < 4.78 is 4.48. The summed E-state index contributed by atoms with van der Waals surface area (Å²) in [7, 11) is 0. The van der Waals surface area contributed by atoms with Gasteiger partial charge in [0.1, 0.15) is 11.5 Å². The van der Waals surface area contributed by atoms with Crippen LogP contribution in [0.2, 0.25) is 0 Å². The van der Waals surface area contributed by atoms with E-state index in [2.05, 4.69) is 11.3 Å². The third kappa shape index (κ3) is 2.29. The Hall–Kier alpha value is -1.34. The Balaban J connectivity index is 4.18. The van der Waals surface area contributed by atoms with Crippen LogP contribution in [0.5, 0.6) is 0 Å². The second-order valence-corrected chi connectivity index (χ2v) is 1.44. The lowest BCUT2D eigenvalue weighted by Gasteiger charge is -1.96. The summed E-state index contributed by atoms with van der Waals surface area (Å²) in [5.41, 5.74) is -0.165. The lowest BCUT2D eigenvalue weighted by Crippen LogP contribution is -2.05. The molecule has 10 heavy (non-hydrogen) atoms. The van der Waals surface area contributed by atoms with Crippen LogP contribution >= 0.6 is 0 Å². The number of carbonyl (C=O) groups excluding carboxylic acids is 2. The summed E-state index contributed by atoms with van der Waals surface area (Å²) in [6.07, 6.45) is 1.12. The van der Waals surface area contributed by atoms with Crippen LogP contribution in [0.3, 0.4) is 0 Å². The molecule has 0 rings (SSSR count). The first-order valence-electron chi connectivity index (χ1n) is 2.81. The van der Waals surface area contributed by atoms with E-state index in [1.165, 1.54) is 5.94 Å². The van der Waals surface area contributed by atoms with E-state index >= 15 is 0 Å². The smallest absolute Gasteiger partial charge is 0.349 e. The van der Waals surface area contributed by atoms with E-state index in [1.807, 2.05) is 0 Å². The molecule has 3 heteroatoms. The first-order valence-corrected chi connectivity index (χ1v) is 2.81. The van der Waals surface area contributed by atoms with Crippen LogP contribution in [0.4, 0.5) is 0 Å². The molecule has 0 heterocycles. The predicted octanol–water partition coefficient (Wildman–Crippen LogP) is 0.493. The maximum atomic E-state index is 10.6. The minimum absolute atomic E-state index is 0.165. The third-order valence-electron chi connectivity index (χ3n) is 0.809. The van der Waals surface area contributed by atoms with Gasteiger partial charge < -0.3 is 4.74 Å². The van der Waals surface area contributed by atoms with Crippen LogP contribution in [0.25, 0.3) is 0 Å². The number of esters is 1. The molecule has 0 N–H and O–H groups in total. The van der Waals surface area contributed by atoms with Crippen molar-refractivity contribution in [1.29, 1.82) is 0 Å². The van der Waals surface area contributed by atoms with Crippen molar-refractivity contribution in [1.82, 2.24) is 0 Å². The predicted molar refractivity (Wildman–Crippen MR) is 36.0 cm³/mol. The van der Waals surface area contributed by atoms with Gasteiger partial charge in [0.05, 0.1) is 6.61 Å². The maximum Gasteiger partial charge on any atom is 0.349 e. The van der Waals surface area contributed by atoms with Crippen LogP contribution in [-0.4, -0.2) is 18.5 Å². The first kappa shape index (κ1) is 8.66. The fourth-order valence-corrected chi connectivity index (χ4v) is 0.376. The summed E-state index contributed by atoms with van der Waals surface area (Å²) in [6, 6.07) is 0. The van der Waals surface area contributed by atoms with Gasteiger partial charge in [-0.3, -0.25) is 0 Å². The minimum Gasteiger partial charge on any atom is -0.462 e. The fourth-order valence-electron chi connectivity index (χ4n) is 0.376. The van der Waals surface area contributed by atoms with Gasteiger partial charge in [0.15, 0.2) is 0 Å². The highest BCUT2D eigenvalue weighted by Gasteiger charge is 2.05. The van der Waals surface area contributed by atoms with Gasteiger partial charge in [-0.05, 0) is 13.0 Å². The molecule has 0 saturated carbocycles. The second kappa shape index (κ2) is 4.53. The van der Waals surface area contributed by atoms with E-state index in [0.29, 0.717) is 0 Å². The molecule has 0 amide bonds. The summed E-state index contributed by atoms with van der Waals surface area (Å²) >= 11 is 0. The summed E-state index contributed by atoms with van der Waals surface area (Å²) in [6.45, 7) is 5.14. The fraction of sp³-hybridized carbons (Fsp3) is 0.286. The zero-order valence-electron chi connectivity index (χ0n) is 5.72. The monoisotopic (exact) mass is 140 g/mol. The molecule has 0 aliphatic rings. The van der Waals surface area contributed by atoms with E-state index < -0.39 is 5.97 Å². The number of hydrogen-bond acceptors (Lipinski definition) is 3. The van der Waals surface area contributed by atoms with Gasteiger partial charge in [-0.15, -0.1) is 0 Å². The molecule has 0 saturated heterocycles. The molecular formula is C7H8O3.